The SMILES string of the molecule is CCC(C)(C)Cc1ccc(F)c(OC)c1. The van der Waals surface area contributed by atoms with Crippen molar-refractivity contribution in [2.24, 2.45) is 5.41 Å². The second-order valence-electron chi connectivity index (χ2n) is 4.66. The van der Waals surface area contributed by atoms with Gasteiger partial charge in [0, 0.05) is 0 Å². The second kappa shape index (κ2) is 4.65. The molecule has 0 amide bonds. The molecule has 0 atom stereocenters. The highest BCUT2D eigenvalue weighted by Crippen LogP contribution is 2.27. The third kappa shape index (κ3) is 3.22. The van der Waals surface area contributed by atoms with E-state index in [1.165, 1.54) is 13.2 Å². The molecule has 0 aliphatic carbocycles. The lowest BCUT2D eigenvalue weighted by molar-refractivity contribution is 0.346. The van der Waals surface area contributed by atoms with Crippen molar-refractivity contribution in [3.05, 3.63) is 29.6 Å². The van der Waals surface area contributed by atoms with Gasteiger partial charge < -0.3 is 4.74 Å². The third-order valence-corrected chi connectivity index (χ3v) is 2.86. The van der Waals surface area contributed by atoms with E-state index in [9.17, 15) is 4.39 Å². The lowest BCUT2D eigenvalue weighted by Crippen LogP contribution is -2.13. The zero-order valence-corrected chi connectivity index (χ0v) is 9.93. The van der Waals surface area contributed by atoms with Crippen LogP contribution < -0.4 is 4.74 Å². The van der Waals surface area contributed by atoms with Gasteiger partial charge in [0.2, 0.25) is 0 Å². The summed E-state index contributed by atoms with van der Waals surface area (Å²) in [5.41, 5.74) is 1.38. The largest absolute Gasteiger partial charge is 0.494 e. The second-order valence-corrected chi connectivity index (χ2v) is 4.66. The highest BCUT2D eigenvalue weighted by Gasteiger charge is 2.16. The molecule has 1 rings (SSSR count). The van der Waals surface area contributed by atoms with Crippen molar-refractivity contribution in [1.82, 2.24) is 0 Å². The van der Waals surface area contributed by atoms with Crippen LogP contribution in [0.1, 0.15) is 32.8 Å². The van der Waals surface area contributed by atoms with Crippen LogP contribution in [0.25, 0.3) is 0 Å². The summed E-state index contributed by atoms with van der Waals surface area (Å²) in [6.45, 7) is 6.59. The Balaban J connectivity index is 2.87. The van der Waals surface area contributed by atoms with Gasteiger partial charge in [-0.05, 0) is 29.5 Å². The molecule has 15 heavy (non-hydrogen) atoms. The maximum Gasteiger partial charge on any atom is 0.165 e. The monoisotopic (exact) mass is 210 g/mol. The van der Waals surface area contributed by atoms with Crippen LogP contribution in [-0.4, -0.2) is 7.11 Å². The first-order valence-electron chi connectivity index (χ1n) is 5.31. The Bertz CT molecular complexity index is 331. The first-order chi connectivity index (χ1) is 6.98. The van der Waals surface area contributed by atoms with Gasteiger partial charge >= 0.3 is 0 Å². The van der Waals surface area contributed by atoms with Crippen LogP contribution in [-0.2, 0) is 6.42 Å². The molecule has 0 saturated heterocycles. The van der Waals surface area contributed by atoms with E-state index in [4.69, 9.17) is 4.74 Å². The number of ether oxygens (including phenoxy) is 1. The number of rotatable bonds is 4. The number of halogens is 1. The number of hydrogen-bond acceptors (Lipinski definition) is 1. The molecule has 0 bridgehead atoms. The molecule has 0 radical (unpaired) electrons. The van der Waals surface area contributed by atoms with Crippen molar-refractivity contribution in [3.63, 3.8) is 0 Å². The van der Waals surface area contributed by atoms with Gasteiger partial charge in [-0.2, -0.15) is 0 Å². The maximum atomic E-state index is 13.2. The fraction of sp³-hybridized carbons (Fsp3) is 0.538. The highest BCUT2D eigenvalue weighted by atomic mass is 19.1. The zero-order chi connectivity index (χ0) is 11.5. The molecule has 1 aromatic carbocycles. The molecule has 0 N–H and O–H groups in total. The fourth-order valence-electron chi connectivity index (χ4n) is 1.49. The van der Waals surface area contributed by atoms with Gasteiger partial charge in [-0.3, -0.25) is 0 Å². The molecule has 1 aromatic rings. The molecule has 0 unspecified atom stereocenters. The Morgan fingerprint density at radius 3 is 2.53 bits per heavy atom. The van der Waals surface area contributed by atoms with E-state index in [1.54, 1.807) is 6.07 Å². The van der Waals surface area contributed by atoms with Crippen LogP contribution in [0.2, 0.25) is 0 Å². The van der Waals surface area contributed by atoms with Crippen molar-refractivity contribution >= 4 is 0 Å². The topological polar surface area (TPSA) is 9.23 Å². The molecule has 2 heteroatoms. The normalized spacial score (nSPS) is 11.5. The van der Waals surface area contributed by atoms with Crippen molar-refractivity contribution < 1.29 is 9.13 Å². The van der Waals surface area contributed by atoms with Gasteiger partial charge in [-0.1, -0.05) is 33.3 Å². The van der Waals surface area contributed by atoms with Gasteiger partial charge in [0.1, 0.15) is 0 Å². The molecule has 84 valence electrons. The van der Waals surface area contributed by atoms with Crippen molar-refractivity contribution in [2.75, 3.05) is 7.11 Å². The predicted octanol–water partition coefficient (Wildman–Crippen LogP) is 3.81. The molecular weight excluding hydrogens is 191 g/mol. The summed E-state index contributed by atoms with van der Waals surface area (Å²) in [5, 5.41) is 0. The maximum absolute atomic E-state index is 13.2. The molecule has 0 saturated carbocycles. The van der Waals surface area contributed by atoms with Crippen LogP contribution in [0.3, 0.4) is 0 Å². The minimum atomic E-state index is -0.296. The molecule has 0 aliphatic heterocycles. The van der Waals surface area contributed by atoms with Gasteiger partial charge in [-0.15, -0.1) is 0 Å². The molecule has 0 aromatic heterocycles. The highest BCUT2D eigenvalue weighted by molar-refractivity contribution is 5.30. The van der Waals surface area contributed by atoms with E-state index < -0.39 is 0 Å². The molecule has 0 heterocycles. The summed E-state index contributed by atoms with van der Waals surface area (Å²) in [7, 11) is 1.49. The van der Waals surface area contributed by atoms with Crippen molar-refractivity contribution in [3.8, 4) is 5.75 Å². The Kier molecular flexibility index (Phi) is 3.72. The Labute approximate surface area is 91.3 Å². The van der Waals surface area contributed by atoms with Crippen molar-refractivity contribution in [2.45, 2.75) is 33.6 Å². The van der Waals surface area contributed by atoms with Gasteiger partial charge in [0.15, 0.2) is 11.6 Å². The van der Waals surface area contributed by atoms with Crippen LogP contribution in [0.4, 0.5) is 4.39 Å². The zero-order valence-electron chi connectivity index (χ0n) is 9.93. The minimum Gasteiger partial charge on any atom is -0.494 e. The number of hydrogen-bond donors (Lipinski definition) is 0. The summed E-state index contributed by atoms with van der Waals surface area (Å²) >= 11 is 0. The molecular formula is C13H19FO. The first-order valence-corrected chi connectivity index (χ1v) is 5.31. The Morgan fingerprint density at radius 2 is 2.00 bits per heavy atom. The summed E-state index contributed by atoms with van der Waals surface area (Å²) in [6, 6.07) is 5.09. The lowest BCUT2D eigenvalue weighted by atomic mass is 9.83. The molecule has 0 spiro atoms. The summed E-state index contributed by atoms with van der Waals surface area (Å²) in [5.74, 6) is 0.0370. The molecule has 1 nitrogen and oxygen atoms in total. The van der Waals surface area contributed by atoms with E-state index in [-0.39, 0.29) is 11.2 Å². The number of methoxy groups -OCH3 is 1. The summed E-state index contributed by atoms with van der Waals surface area (Å²) in [4.78, 5) is 0. The predicted molar refractivity (Wildman–Crippen MR) is 60.7 cm³/mol. The van der Waals surface area contributed by atoms with Crippen LogP contribution >= 0.6 is 0 Å². The summed E-state index contributed by atoms with van der Waals surface area (Å²) < 4.78 is 18.1. The Hall–Kier alpha value is -1.05. The molecule has 0 fully saturated rings. The van der Waals surface area contributed by atoms with E-state index in [0.29, 0.717) is 5.75 Å². The molecule has 0 aliphatic rings. The van der Waals surface area contributed by atoms with E-state index in [2.05, 4.69) is 20.8 Å². The van der Waals surface area contributed by atoms with Gasteiger partial charge in [0.25, 0.3) is 0 Å². The third-order valence-electron chi connectivity index (χ3n) is 2.86. The lowest BCUT2D eigenvalue weighted by Gasteiger charge is -2.22. The average molecular weight is 210 g/mol. The first kappa shape index (κ1) is 12.0. The van der Waals surface area contributed by atoms with Crippen LogP contribution in [0.5, 0.6) is 5.75 Å². The van der Waals surface area contributed by atoms with Crippen LogP contribution in [0.15, 0.2) is 18.2 Å². The smallest absolute Gasteiger partial charge is 0.165 e. The van der Waals surface area contributed by atoms with E-state index in [0.717, 1.165) is 18.4 Å². The summed E-state index contributed by atoms with van der Waals surface area (Å²) in [6.07, 6.45) is 2.05. The van der Waals surface area contributed by atoms with Crippen LogP contribution in [0, 0.1) is 11.2 Å². The standard InChI is InChI=1S/C13H19FO/c1-5-13(2,3)9-10-6-7-11(14)12(8-10)15-4/h6-8H,5,9H2,1-4H3. The quantitative estimate of drug-likeness (QED) is 0.734. The minimum absolute atomic E-state index is 0.253. The van der Waals surface area contributed by atoms with Crippen molar-refractivity contribution in [1.29, 1.82) is 0 Å². The van der Waals surface area contributed by atoms with Gasteiger partial charge in [0.05, 0.1) is 7.11 Å². The fourth-order valence-corrected chi connectivity index (χ4v) is 1.49. The van der Waals surface area contributed by atoms with Gasteiger partial charge in [-0.25, -0.2) is 4.39 Å². The average Bonchev–Trinajstić information content (AvgIpc) is 2.20. The number of benzene rings is 1. The Morgan fingerprint density at radius 1 is 1.33 bits per heavy atom. The van der Waals surface area contributed by atoms with E-state index in [1.807, 2.05) is 6.07 Å². The van der Waals surface area contributed by atoms with E-state index >= 15 is 0 Å².